The number of hydrogen-bond donors (Lipinski definition) is 1. The summed E-state index contributed by atoms with van der Waals surface area (Å²) in [6.45, 7) is 6.41. The molecule has 1 N–H and O–H groups in total. The van der Waals surface area contributed by atoms with E-state index in [9.17, 15) is 4.79 Å². The van der Waals surface area contributed by atoms with E-state index in [0.29, 0.717) is 5.56 Å². The average molecular weight is 406 g/mol. The third-order valence-electron chi connectivity index (χ3n) is 6.35. The molecule has 1 aliphatic heterocycles. The van der Waals surface area contributed by atoms with Gasteiger partial charge in [-0.15, -0.1) is 0 Å². The highest BCUT2D eigenvalue weighted by atomic mass is 16.5. The Morgan fingerprint density at radius 3 is 2.37 bits per heavy atom. The molecule has 158 valence electrons. The standard InChI is InChI=1S/C25H31N3O2/c29-25(21-8-10-24(11-9-21)30-18-20-6-7-20)26-22-2-1-3-23(16-22)28-14-12-27(13-15-28)17-19-4-5-19/h1-3,8-11,16,19-20H,4-7,12-15,17-18H2,(H,26,29). The largest absolute Gasteiger partial charge is 0.493 e. The molecule has 3 fully saturated rings. The molecule has 1 saturated heterocycles. The summed E-state index contributed by atoms with van der Waals surface area (Å²) in [6, 6.07) is 15.6. The van der Waals surface area contributed by atoms with Crippen LogP contribution in [0.25, 0.3) is 0 Å². The summed E-state index contributed by atoms with van der Waals surface area (Å²) in [5.41, 5.74) is 2.67. The highest BCUT2D eigenvalue weighted by molar-refractivity contribution is 6.04. The van der Waals surface area contributed by atoms with Crippen LogP contribution < -0.4 is 15.0 Å². The molecular weight excluding hydrogens is 374 g/mol. The first-order valence-corrected chi connectivity index (χ1v) is 11.3. The summed E-state index contributed by atoms with van der Waals surface area (Å²) >= 11 is 0. The predicted molar refractivity (Wildman–Crippen MR) is 120 cm³/mol. The van der Waals surface area contributed by atoms with Crippen LogP contribution in [0.15, 0.2) is 48.5 Å². The number of carbonyl (C=O) groups is 1. The maximum Gasteiger partial charge on any atom is 0.255 e. The summed E-state index contributed by atoms with van der Waals surface area (Å²) in [4.78, 5) is 17.7. The first-order chi connectivity index (χ1) is 14.7. The molecule has 0 radical (unpaired) electrons. The Morgan fingerprint density at radius 2 is 1.67 bits per heavy atom. The van der Waals surface area contributed by atoms with Crippen LogP contribution in [-0.2, 0) is 0 Å². The summed E-state index contributed by atoms with van der Waals surface area (Å²) < 4.78 is 5.76. The quantitative estimate of drug-likeness (QED) is 0.713. The summed E-state index contributed by atoms with van der Waals surface area (Å²) in [7, 11) is 0. The molecule has 0 bridgehead atoms. The number of hydrogen-bond acceptors (Lipinski definition) is 4. The zero-order chi connectivity index (χ0) is 20.3. The molecule has 2 aliphatic carbocycles. The minimum absolute atomic E-state index is 0.0878. The fourth-order valence-electron chi connectivity index (χ4n) is 4.04. The minimum Gasteiger partial charge on any atom is -0.493 e. The lowest BCUT2D eigenvalue weighted by Crippen LogP contribution is -2.47. The van der Waals surface area contributed by atoms with Gasteiger partial charge in [-0.3, -0.25) is 9.69 Å². The molecule has 1 heterocycles. The Hall–Kier alpha value is -2.53. The van der Waals surface area contributed by atoms with Crippen molar-refractivity contribution in [3.63, 3.8) is 0 Å². The first-order valence-electron chi connectivity index (χ1n) is 11.3. The normalized spacial score (nSPS) is 19.5. The van der Waals surface area contributed by atoms with E-state index in [-0.39, 0.29) is 5.91 Å². The number of nitrogens with zero attached hydrogens (tertiary/aromatic N) is 2. The maximum atomic E-state index is 12.7. The van der Waals surface area contributed by atoms with Gasteiger partial charge in [0.25, 0.3) is 5.91 Å². The second-order valence-corrected chi connectivity index (χ2v) is 9.01. The van der Waals surface area contributed by atoms with Gasteiger partial charge in [0, 0.05) is 49.7 Å². The highest BCUT2D eigenvalue weighted by Crippen LogP contribution is 2.31. The molecule has 5 rings (SSSR count). The second-order valence-electron chi connectivity index (χ2n) is 9.01. The summed E-state index contributed by atoms with van der Waals surface area (Å²) in [6.07, 6.45) is 5.38. The third kappa shape index (κ3) is 5.14. The van der Waals surface area contributed by atoms with Gasteiger partial charge in [0.05, 0.1) is 6.61 Å². The Balaban J connectivity index is 1.15. The van der Waals surface area contributed by atoms with E-state index in [1.807, 2.05) is 36.4 Å². The fourth-order valence-corrected chi connectivity index (χ4v) is 4.04. The van der Waals surface area contributed by atoms with Crippen LogP contribution in [0.3, 0.4) is 0 Å². The van der Waals surface area contributed by atoms with E-state index in [0.717, 1.165) is 56.1 Å². The fraction of sp³-hybridized carbons (Fsp3) is 0.480. The van der Waals surface area contributed by atoms with Gasteiger partial charge in [-0.1, -0.05) is 6.07 Å². The number of benzene rings is 2. The molecule has 2 aromatic rings. The van der Waals surface area contributed by atoms with E-state index in [2.05, 4.69) is 27.2 Å². The van der Waals surface area contributed by atoms with Crippen LogP contribution in [0.1, 0.15) is 36.0 Å². The van der Waals surface area contributed by atoms with Crippen LogP contribution in [0, 0.1) is 11.8 Å². The Kier molecular flexibility index (Phi) is 5.63. The Morgan fingerprint density at radius 1 is 0.933 bits per heavy atom. The lowest BCUT2D eigenvalue weighted by molar-refractivity contribution is 0.102. The van der Waals surface area contributed by atoms with Gasteiger partial charge < -0.3 is 15.0 Å². The molecule has 30 heavy (non-hydrogen) atoms. The molecule has 1 amide bonds. The zero-order valence-electron chi connectivity index (χ0n) is 17.6. The summed E-state index contributed by atoms with van der Waals surface area (Å²) in [5.74, 6) is 2.42. The minimum atomic E-state index is -0.0878. The molecule has 2 saturated carbocycles. The second kappa shape index (κ2) is 8.68. The van der Waals surface area contributed by atoms with Crippen molar-refractivity contribution in [3.8, 4) is 5.75 Å². The summed E-state index contributed by atoms with van der Waals surface area (Å²) in [5, 5.41) is 3.04. The monoisotopic (exact) mass is 405 g/mol. The van der Waals surface area contributed by atoms with Crippen LogP contribution in [-0.4, -0.2) is 50.1 Å². The van der Waals surface area contributed by atoms with Gasteiger partial charge in [-0.2, -0.15) is 0 Å². The maximum absolute atomic E-state index is 12.7. The van der Waals surface area contributed by atoms with Gasteiger partial charge in [0.2, 0.25) is 0 Å². The molecular formula is C25H31N3O2. The molecule has 3 aliphatic rings. The number of anilines is 2. The van der Waals surface area contributed by atoms with Crippen molar-refractivity contribution in [2.45, 2.75) is 25.7 Å². The average Bonchev–Trinajstić information content (AvgIpc) is 3.69. The van der Waals surface area contributed by atoms with Gasteiger partial charge in [0.1, 0.15) is 5.75 Å². The van der Waals surface area contributed by atoms with E-state index < -0.39 is 0 Å². The molecule has 2 aromatic carbocycles. The number of piperazine rings is 1. The SMILES string of the molecule is O=C(Nc1cccc(N2CCN(CC3CC3)CC2)c1)c1ccc(OCC2CC2)cc1. The molecule has 5 nitrogen and oxygen atoms in total. The van der Waals surface area contributed by atoms with Crippen LogP contribution in [0.5, 0.6) is 5.75 Å². The topological polar surface area (TPSA) is 44.8 Å². The smallest absolute Gasteiger partial charge is 0.255 e. The number of carbonyl (C=O) groups excluding carboxylic acids is 1. The number of nitrogens with one attached hydrogen (secondary N) is 1. The molecule has 5 heteroatoms. The van der Waals surface area contributed by atoms with Crippen LogP contribution >= 0.6 is 0 Å². The first kappa shape index (κ1) is 19.4. The third-order valence-corrected chi connectivity index (χ3v) is 6.35. The van der Waals surface area contributed by atoms with Gasteiger partial charge >= 0.3 is 0 Å². The molecule has 0 spiro atoms. The highest BCUT2D eigenvalue weighted by Gasteiger charge is 2.26. The van der Waals surface area contributed by atoms with Gasteiger partial charge in [-0.05, 0) is 80.0 Å². The Bertz CT molecular complexity index is 866. The van der Waals surface area contributed by atoms with Crippen molar-refractivity contribution in [1.29, 1.82) is 0 Å². The number of amides is 1. The number of ether oxygens (including phenoxy) is 1. The van der Waals surface area contributed by atoms with Crippen molar-refractivity contribution in [1.82, 2.24) is 4.90 Å². The van der Waals surface area contributed by atoms with Crippen molar-refractivity contribution in [2.24, 2.45) is 11.8 Å². The number of rotatable bonds is 8. The van der Waals surface area contributed by atoms with E-state index in [4.69, 9.17) is 4.74 Å². The van der Waals surface area contributed by atoms with Gasteiger partial charge in [-0.25, -0.2) is 0 Å². The lowest BCUT2D eigenvalue weighted by Gasteiger charge is -2.36. The van der Waals surface area contributed by atoms with E-state index >= 15 is 0 Å². The van der Waals surface area contributed by atoms with E-state index in [1.54, 1.807) is 0 Å². The van der Waals surface area contributed by atoms with Crippen molar-refractivity contribution in [3.05, 3.63) is 54.1 Å². The Labute approximate surface area is 179 Å². The molecule has 0 aromatic heterocycles. The van der Waals surface area contributed by atoms with Crippen molar-refractivity contribution < 1.29 is 9.53 Å². The van der Waals surface area contributed by atoms with E-state index in [1.165, 1.54) is 37.9 Å². The van der Waals surface area contributed by atoms with Crippen LogP contribution in [0.2, 0.25) is 0 Å². The lowest BCUT2D eigenvalue weighted by atomic mass is 10.2. The zero-order valence-corrected chi connectivity index (χ0v) is 17.6. The van der Waals surface area contributed by atoms with Gasteiger partial charge in [0.15, 0.2) is 0 Å². The van der Waals surface area contributed by atoms with Crippen molar-refractivity contribution in [2.75, 3.05) is 49.5 Å². The van der Waals surface area contributed by atoms with Crippen molar-refractivity contribution >= 4 is 17.3 Å². The van der Waals surface area contributed by atoms with Crippen LogP contribution in [0.4, 0.5) is 11.4 Å². The molecule has 0 atom stereocenters. The predicted octanol–water partition coefficient (Wildman–Crippen LogP) is 4.26. The molecule has 0 unspecified atom stereocenters.